The average molecular weight is 428 g/mol. The van der Waals surface area contributed by atoms with Crippen LogP contribution in [0.1, 0.15) is 49.0 Å². The number of nitrogens with zero attached hydrogens (tertiary/aromatic N) is 5. The molecule has 5 rings (SSSR count). The van der Waals surface area contributed by atoms with E-state index in [1.54, 1.807) is 16.9 Å². The van der Waals surface area contributed by atoms with Crippen LogP contribution in [0.4, 0.5) is 0 Å². The van der Waals surface area contributed by atoms with Crippen molar-refractivity contribution < 1.29 is 19.5 Å². The first kappa shape index (κ1) is 21.3. The van der Waals surface area contributed by atoms with Crippen LogP contribution in [0.3, 0.4) is 0 Å². The lowest BCUT2D eigenvalue weighted by Gasteiger charge is -2.40. The van der Waals surface area contributed by atoms with Crippen molar-refractivity contribution in [3.63, 3.8) is 0 Å². The Labute approximate surface area is 181 Å². The summed E-state index contributed by atoms with van der Waals surface area (Å²) in [5.41, 5.74) is 1.24. The number of aromatic nitrogens is 3. The average Bonchev–Trinajstić information content (AvgIpc) is 3.58. The summed E-state index contributed by atoms with van der Waals surface area (Å²) in [7, 11) is 0. The maximum absolute atomic E-state index is 12.9. The topological polar surface area (TPSA) is 108 Å². The first-order valence-electron chi connectivity index (χ1n) is 11.1. The molecule has 0 unspecified atom stereocenters. The molecular weight excluding hydrogens is 398 g/mol. The Kier molecular flexibility index (Phi) is 6.48. The van der Waals surface area contributed by atoms with Crippen molar-refractivity contribution in [3.05, 3.63) is 30.2 Å². The second kappa shape index (κ2) is 9.45. The van der Waals surface area contributed by atoms with E-state index in [1.165, 1.54) is 0 Å². The molecule has 0 spiro atoms. The molecule has 4 heterocycles. The fraction of sp³-hybridized carbons (Fsp3) is 0.591. The van der Waals surface area contributed by atoms with Gasteiger partial charge in [0.05, 0.1) is 6.20 Å². The Morgan fingerprint density at radius 2 is 1.55 bits per heavy atom. The first-order valence-corrected chi connectivity index (χ1v) is 11.1. The van der Waals surface area contributed by atoms with Gasteiger partial charge in [0.25, 0.3) is 12.4 Å². The highest BCUT2D eigenvalue weighted by atomic mass is 16.3. The quantitative estimate of drug-likeness (QED) is 0.750. The molecule has 2 aliphatic heterocycles. The minimum Gasteiger partial charge on any atom is -0.483 e. The van der Waals surface area contributed by atoms with Crippen LogP contribution in [0.5, 0.6) is 0 Å². The molecule has 0 bridgehead atoms. The molecule has 1 N–H and O–H groups in total. The standard InChI is InChI=1S/C21H27N5O2.CH2O2/c27-20(17-3-4-17)24-10-5-15(6-11-24)16-7-12-25(13-8-16)21(28)18-14-22-19-2-1-9-23-26(18)19;2-1-3/h1-2,9,14-17H,3-8,10-13H2;1H,(H,2,3). The first-order chi connectivity index (χ1) is 15.1. The molecule has 2 aromatic rings. The fourth-order valence-electron chi connectivity index (χ4n) is 4.89. The van der Waals surface area contributed by atoms with Gasteiger partial charge in [0.2, 0.25) is 5.91 Å². The van der Waals surface area contributed by atoms with E-state index in [0.29, 0.717) is 35.0 Å². The molecule has 31 heavy (non-hydrogen) atoms. The molecular formula is C22H29N5O4. The number of amides is 2. The molecule has 9 nitrogen and oxygen atoms in total. The van der Waals surface area contributed by atoms with Crippen LogP contribution < -0.4 is 0 Å². The molecule has 9 heteroatoms. The van der Waals surface area contributed by atoms with Crippen LogP contribution in [0, 0.1) is 17.8 Å². The number of piperidine rings is 2. The summed E-state index contributed by atoms with van der Waals surface area (Å²) in [6.45, 7) is 3.19. The van der Waals surface area contributed by atoms with E-state index in [-0.39, 0.29) is 12.4 Å². The van der Waals surface area contributed by atoms with E-state index >= 15 is 0 Å². The number of likely N-dealkylation sites (tertiary alicyclic amines) is 2. The lowest BCUT2D eigenvalue weighted by Crippen LogP contribution is -2.44. The van der Waals surface area contributed by atoms with E-state index in [9.17, 15) is 9.59 Å². The highest BCUT2D eigenvalue weighted by molar-refractivity contribution is 5.93. The van der Waals surface area contributed by atoms with E-state index in [4.69, 9.17) is 9.90 Å². The monoisotopic (exact) mass is 427 g/mol. The van der Waals surface area contributed by atoms with Crippen molar-refractivity contribution in [2.45, 2.75) is 38.5 Å². The minimum absolute atomic E-state index is 0.0227. The van der Waals surface area contributed by atoms with Gasteiger partial charge in [0.15, 0.2) is 11.3 Å². The van der Waals surface area contributed by atoms with Gasteiger partial charge >= 0.3 is 0 Å². The van der Waals surface area contributed by atoms with Gasteiger partial charge in [0, 0.05) is 38.3 Å². The zero-order valence-corrected chi connectivity index (χ0v) is 17.6. The van der Waals surface area contributed by atoms with Gasteiger partial charge in [-0.15, -0.1) is 0 Å². The second-order valence-corrected chi connectivity index (χ2v) is 8.61. The third-order valence-electron chi connectivity index (χ3n) is 6.77. The summed E-state index contributed by atoms with van der Waals surface area (Å²) in [5.74, 6) is 2.11. The maximum atomic E-state index is 12.9. The number of fused-ring (bicyclic) bond motifs is 1. The van der Waals surface area contributed by atoms with E-state index in [2.05, 4.69) is 15.0 Å². The van der Waals surface area contributed by atoms with Crippen LogP contribution in [-0.4, -0.2) is 74.0 Å². The molecule has 1 aliphatic carbocycles. The summed E-state index contributed by atoms with van der Waals surface area (Å²) >= 11 is 0. The second-order valence-electron chi connectivity index (χ2n) is 8.61. The zero-order chi connectivity index (χ0) is 21.8. The van der Waals surface area contributed by atoms with Crippen LogP contribution in [-0.2, 0) is 9.59 Å². The SMILES string of the molecule is O=C(c1cnc2cccnn12)N1CCC(C2CCN(C(=O)C3CC3)CC2)CC1.O=CO. The number of carboxylic acid groups (broad SMARTS) is 1. The number of imidazole rings is 1. The lowest BCUT2D eigenvalue weighted by atomic mass is 9.78. The molecule has 166 valence electrons. The van der Waals surface area contributed by atoms with Crippen molar-refractivity contribution in [1.29, 1.82) is 0 Å². The summed E-state index contributed by atoms with van der Waals surface area (Å²) in [6, 6.07) is 3.68. The number of hydrogen-bond acceptors (Lipinski definition) is 5. The molecule has 3 aliphatic rings. The van der Waals surface area contributed by atoms with Crippen molar-refractivity contribution >= 4 is 23.9 Å². The third kappa shape index (κ3) is 4.70. The van der Waals surface area contributed by atoms with Crippen LogP contribution >= 0.6 is 0 Å². The molecule has 2 aromatic heterocycles. The van der Waals surface area contributed by atoms with Gasteiger partial charge < -0.3 is 14.9 Å². The van der Waals surface area contributed by atoms with Crippen molar-refractivity contribution in [3.8, 4) is 0 Å². The Morgan fingerprint density at radius 1 is 0.968 bits per heavy atom. The van der Waals surface area contributed by atoms with Gasteiger partial charge in [-0.3, -0.25) is 14.4 Å². The van der Waals surface area contributed by atoms with Crippen LogP contribution in [0.2, 0.25) is 0 Å². The van der Waals surface area contributed by atoms with Gasteiger partial charge in [-0.2, -0.15) is 5.10 Å². The van der Waals surface area contributed by atoms with Crippen LogP contribution in [0.25, 0.3) is 5.65 Å². The zero-order valence-electron chi connectivity index (χ0n) is 17.6. The number of carbonyl (C=O) groups is 3. The summed E-state index contributed by atoms with van der Waals surface area (Å²) in [4.78, 5) is 41.8. The van der Waals surface area contributed by atoms with Crippen molar-refractivity contribution in [1.82, 2.24) is 24.4 Å². The van der Waals surface area contributed by atoms with E-state index < -0.39 is 0 Å². The summed E-state index contributed by atoms with van der Waals surface area (Å²) in [5, 5.41) is 11.1. The number of rotatable bonds is 3. The lowest BCUT2D eigenvalue weighted by molar-refractivity contribution is -0.134. The molecule has 2 saturated heterocycles. The third-order valence-corrected chi connectivity index (χ3v) is 6.77. The van der Waals surface area contributed by atoms with E-state index in [0.717, 1.165) is 64.7 Å². The van der Waals surface area contributed by atoms with Gasteiger partial charge in [0.1, 0.15) is 0 Å². The number of hydrogen-bond donors (Lipinski definition) is 1. The summed E-state index contributed by atoms with van der Waals surface area (Å²) in [6.07, 6.45) is 9.83. The molecule has 2 amide bonds. The van der Waals surface area contributed by atoms with Gasteiger partial charge in [-0.1, -0.05) is 0 Å². The highest BCUT2D eigenvalue weighted by Gasteiger charge is 2.37. The molecule has 1 saturated carbocycles. The maximum Gasteiger partial charge on any atom is 0.290 e. The van der Waals surface area contributed by atoms with Gasteiger partial charge in [-0.05, 0) is 62.5 Å². The normalized spacial score (nSPS) is 20.3. The van der Waals surface area contributed by atoms with Crippen molar-refractivity contribution in [2.24, 2.45) is 17.8 Å². The Hall–Kier alpha value is -2.97. The van der Waals surface area contributed by atoms with E-state index in [1.807, 2.05) is 17.0 Å². The Morgan fingerprint density at radius 3 is 2.13 bits per heavy atom. The smallest absolute Gasteiger partial charge is 0.290 e. The molecule has 0 aromatic carbocycles. The Bertz CT molecular complexity index is 925. The highest BCUT2D eigenvalue weighted by Crippen LogP contribution is 2.36. The summed E-state index contributed by atoms with van der Waals surface area (Å²) < 4.78 is 1.63. The molecule has 0 atom stereocenters. The molecule has 3 fully saturated rings. The Balaban J connectivity index is 0.000000730. The molecule has 0 radical (unpaired) electrons. The van der Waals surface area contributed by atoms with Crippen molar-refractivity contribution in [2.75, 3.05) is 26.2 Å². The van der Waals surface area contributed by atoms with Crippen LogP contribution in [0.15, 0.2) is 24.5 Å². The predicted octanol–water partition coefficient (Wildman–Crippen LogP) is 1.93. The predicted molar refractivity (Wildman–Crippen MR) is 112 cm³/mol. The fourth-order valence-corrected chi connectivity index (χ4v) is 4.89. The largest absolute Gasteiger partial charge is 0.483 e. The van der Waals surface area contributed by atoms with Gasteiger partial charge in [-0.25, -0.2) is 9.50 Å². The number of carbonyl (C=O) groups excluding carboxylic acids is 2. The minimum atomic E-state index is -0.250.